The number of carbonyl (C=O) groups excluding carboxylic acids is 2. The van der Waals surface area contributed by atoms with Crippen LogP contribution in [0.2, 0.25) is 0 Å². The number of ether oxygens (including phenoxy) is 3. The third-order valence-corrected chi connectivity index (χ3v) is 5.78. The minimum absolute atomic E-state index is 0.0516. The minimum atomic E-state index is -0.385. The monoisotopic (exact) mass is 404 g/mol. The van der Waals surface area contributed by atoms with E-state index >= 15 is 0 Å². The molecular weight excluding hydrogens is 380 g/mol. The van der Waals surface area contributed by atoms with Gasteiger partial charge in [-0.2, -0.15) is 0 Å². The molecule has 150 valence electrons. The second kappa shape index (κ2) is 9.05. The van der Waals surface area contributed by atoms with Crippen LogP contribution in [0.25, 0.3) is 0 Å². The predicted octanol–water partition coefficient (Wildman–Crippen LogP) is 3.36. The maximum atomic E-state index is 12.9. The highest BCUT2D eigenvalue weighted by Crippen LogP contribution is 2.32. The lowest BCUT2D eigenvalue weighted by molar-refractivity contribution is 0.0520. The SMILES string of the molecule is CCOC(=O)c1csc(C2CCN(C(=O)c3ccc(OC)cc3OC)CC2)n1. The van der Waals surface area contributed by atoms with Gasteiger partial charge in [0.25, 0.3) is 5.91 Å². The molecule has 1 aromatic carbocycles. The number of esters is 1. The van der Waals surface area contributed by atoms with Crippen LogP contribution in [0.3, 0.4) is 0 Å². The van der Waals surface area contributed by atoms with Gasteiger partial charge in [0.05, 0.1) is 31.4 Å². The van der Waals surface area contributed by atoms with Gasteiger partial charge in [-0.15, -0.1) is 11.3 Å². The van der Waals surface area contributed by atoms with Gasteiger partial charge in [0.15, 0.2) is 5.69 Å². The Labute approximate surface area is 168 Å². The molecular formula is C20H24N2O5S. The van der Waals surface area contributed by atoms with E-state index in [4.69, 9.17) is 14.2 Å². The second-order valence-corrected chi connectivity index (χ2v) is 7.31. The molecule has 0 unspecified atom stereocenters. The first-order chi connectivity index (χ1) is 13.6. The summed E-state index contributed by atoms with van der Waals surface area (Å²) in [7, 11) is 3.12. The fourth-order valence-electron chi connectivity index (χ4n) is 3.25. The number of amides is 1. The number of benzene rings is 1. The van der Waals surface area contributed by atoms with Gasteiger partial charge in [-0.3, -0.25) is 4.79 Å². The van der Waals surface area contributed by atoms with Crippen molar-refractivity contribution in [3.05, 3.63) is 39.8 Å². The summed E-state index contributed by atoms with van der Waals surface area (Å²) in [5, 5.41) is 2.67. The largest absolute Gasteiger partial charge is 0.497 e. The Morgan fingerprint density at radius 1 is 1.21 bits per heavy atom. The van der Waals surface area contributed by atoms with E-state index in [1.807, 2.05) is 4.90 Å². The molecule has 1 saturated heterocycles. The number of methoxy groups -OCH3 is 2. The molecule has 1 amide bonds. The van der Waals surface area contributed by atoms with E-state index in [2.05, 4.69) is 4.98 Å². The Morgan fingerprint density at radius 3 is 2.61 bits per heavy atom. The van der Waals surface area contributed by atoms with Crippen LogP contribution in [0.4, 0.5) is 0 Å². The van der Waals surface area contributed by atoms with E-state index in [1.54, 1.807) is 44.7 Å². The summed E-state index contributed by atoms with van der Waals surface area (Å²) in [6, 6.07) is 5.21. The van der Waals surface area contributed by atoms with Crippen molar-refractivity contribution in [2.45, 2.75) is 25.7 Å². The Morgan fingerprint density at radius 2 is 1.96 bits per heavy atom. The van der Waals surface area contributed by atoms with Crippen molar-refractivity contribution < 1.29 is 23.8 Å². The quantitative estimate of drug-likeness (QED) is 0.687. The van der Waals surface area contributed by atoms with Crippen molar-refractivity contribution in [1.82, 2.24) is 9.88 Å². The molecule has 28 heavy (non-hydrogen) atoms. The summed E-state index contributed by atoms with van der Waals surface area (Å²) >= 11 is 1.48. The van der Waals surface area contributed by atoms with E-state index in [0.29, 0.717) is 42.5 Å². The maximum absolute atomic E-state index is 12.9. The molecule has 1 aliphatic heterocycles. The molecule has 0 N–H and O–H groups in total. The number of nitrogens with zero attached hydrogens (tertiary/aromatic N) is 2. The molecule has 0 radical (unpaired) electrons. The lowest BCUT2D eigenvalue weighted by Crippen LogP contribution is -2.38. The van der Waals surface area contributed by atoms with Crippen molar-refractivity contribution in [2.24, 2.45) is 0 Å². The lowest BCUT2D eigenvalue weighted by Gasteiger charge is -2.31. The first kappa shape index (κ1) is 20.1. The molecule has 2 aromatic rings. The highest BCUT2D eigenvalue weighted by atomic mass is 32.1. The first-order valence-corrected chi connectivity index (χ1v) is 10.1. The molecule has 0 bridgehead atoms. The third-order valence-electron chi connectivity index (χ3n) is 4.78. The highest BCUT2D eigenvalue weighted by Gasteiger charge is 2.28. The molecule has 0 spiro atoms. The fourth-order valence-corrected chi connectivity index (χ4v) is 4.21. The highest BCUT2D eigenvalue weighted by molar-refractivity contribution is 7.09. The second-order valence-electron chi connectivity index (χ2n) is 6.42. The molecule has 1 fully saturated rings. The normalized spacial score (nSPS) is 14.6. The molecule has 0 saturated carbocycles. The molecule has 8 heteroatoms. The summed E-state index contributed by atoms with van der Waals surface area (Å²) in [5.41, 5.74) is 0.893. The first-order valence-electron chi connectivity index (χ1n) is 9.21. The zero-order valence-electron chi connectivity index (χ0n) is 16.3. The van der Waals surface area contributed by atoms with Gasteiger partial charge >= 0.3 is 5.97 Å². The Balaban J connectivity index is 1.64. The van der Waals surface area contributed by atoms with Crippen LogP contribution in [0.15, 0.2) is 23.6 Å². The molecule has 0 atom stereocenters. The van der Waals surface area contributed by atoms with Gasteiger partial charge in [-0.1, -0.05) is 0 Å². The average molecular weight is 404 g/mol. The number of hydrogen-bond acceptors (Lipinski definition) is 7. The van der Waals surface area contributed by atoms with Crippen LogP contribution in [0.5, 0.6) is 11.5 Å². The van der Waals surface area contributed by atoms with Gasteiger partial charge in [-0.25, -0.2) is 9.78 Å². The van der Waals surface area contributed by atoms with E-state index in [9.17, 15) is 9.59 Å². The molecule has 2 heterocycles. The van der Waals surface area contributed by atoms with Gasteiger partial charge in [0.2, 0.25) is 0 Å². The summed E-state index contributed by atoms with van der Waals surface area (Å²) in [5.74, 6) is 0.960. The molecule has 1 aromatic heterocycles. The lowest BCUT2D eigenvalue weighted by atomic mass is 9.97. The molecule has 0 aliphatic carbocycles. The number of carbonyl (C=O) groups is 2. The molecule has 3 rings (SSSR count). The van der Waals surface area contributed by atoms with E-state index in [0.717, 1.165) is 17.8 Å². The van der Waals surface area contributed by atoms with Gasteiger partial charge in [-0.05, 0) is 31.9 Å². The topological polar surface area (TPSA) is 78.0 Å². The zero-order chi connectivity index (χ0) is 20.1. The number of hydrogen-bond donors (Lipinski definition) is 0. The fraction of sp³-hybridized carbons (Fsp3) is 0.450. The summed E-state index contributed by atoms with van der Waals surface area (Å²) in [4.78, 5) is 31.0. The van der Waals surface area contributed by atoms with Crippen LogP contribution in [-0.2, 0) is 4.74 Å². The molecule has 7 nitrogen and oxygen atoms in total. The van der Waals surface area contributed by atoms with Crippen molar-refractivity contribution in [3.8, 4) is 11.5 Å². The van der Waals surface area contributed by atoms with Gasteiger partial charge in [0.1, 0.15) is 11.5 Å². The van der Waals surface area contributed by atoms with Crippen molar-refractivity contribution in [3.63, 3.8) is 0 Å². The number of piperidine rings is 1. The number of rotatable bonds is 6. The molecule has 1 aliphatic rings. The van der Waals surface area contributed by atoms with E-state index < -0.39 is 0 Å². The van der Waals surface area contributed by atoms with Crippen molar-refractivity contribution in [2.75, 3.05) is 33.9 Å². The van der Waals surface area contributed by atoms with E-state index in [1.165, 1.54) is 11.3 Å². The van der Waals surface area contributed by atoms with Crippen molar-refractivity contribution in [1.29, 1.82) is 0 Å². The number of likely N-dealkylation sites (tertiary alicyclic amines) is 1. The Hall–Kier alpha value is -2.61. The van der Waals surface area contributed by atoms with Crippen LogP contribution in [0.1, 0.15) is 51.5 Å². The minimum Gasteiger partial charge on any atom is -0.497 e. The van der Waals surface area contributed by atoms with Gasteiger partial charge in [0, 0.05) is 30.5 Å². The summed E-state index contributed by atoms with van der Waals surface area (Å²) in [6.07, 6.45) is 1.61. The van der Waals surface area contributed by atoms with Crippen molar-refractivity contribution >= 4 is 23.2 Å². The number of aromatic nitrogens is 1. The zero-order valence-corrected chi connectivity index (χ0v) is 17.1. The van der Waals surface area contributed by atoms with Crippen LogP contribution in [0, 0.1) is 0 Å². The average Bonchev–Trinajstić information content (AvgIpc) is 3.23. The summed E-state index contributed by atoms with van der Waals surface area (Å²) in [6.45, 7) is 3.37. The van der Waals surface area contributed by atoms with Crippen LogP contribution >= 0.6 is 11.3 Å². The van der Waals surface area contributed by atoms with E-state index in [-0.39, 0.29) is 17.8 Å². The maximum Gasteiger partial charge on any atom is 0.357 e. The third kappa shape index (κ3) is 4.27. The van der Waals surface area contributed by atoms with Crippen LogP contribution in [-0.4, -0.2) is 55.7 Å². The van der Waals surface area contributed by atoms with Crippen LogP contribution < -0.4 is 9.47 Å². The summed E-state index contributed by atoms with van der Waals surface area (Å²) < 4.78 is 15.5. The Kier molecular flexibility index (Phi) is 6.51. The smallest absolute Gasteiger partial charge is 0.357 e. The predicted molar refractivity (Wildman–Crippen MR) is 105 cm³/mol. The van der Waals surface area contributed by atoms with Gasteiger partial charge < -0.3 is 19.1 Å². The number of thiazole rings is 1. The Bertz CT molecular complexity index is 843. The standard InChI is InChI=1S/C20H24N2O5S/c1-4-27-20(24)16-12-28-18(21-16)13-7-9-22(10-8-13)19(23)15-6-5-14(25-2)11-17(15)26-3/h5-6,11-13H,4,7-10H2,1-3H3.